The molecule has 0 amide bonds. The van der Waals surface area contributed by atoms with E-state index < -0.39 is 0 Å². The highest BCUT2D eigenvalue weighted by Gasteiger charge is 2.25. The van der Waals surface area contributed by atoms with Gasteiger partial charge in [0.2, 0.25) is 0 Å². The number of hydrogen-bond acceptors (Lipinski definition) is 0. The lowest BCUT2D eigenvalue weighted by atomic mass is 9.74. The van der Waals surface area contributed by atoms with Crippen molar-refractivity contribution in [3.8, 4) is 0 Å². The zero-order valence-electron chi connectivity index (χ0n) is 18.1. The Balaban J connectivity index is 1.24. The smallest absolute Gasteiger partial charge is 0.123 e. The van der Waals surface area contributed by atoms with Crippen molar-refractivity contribution in [3.63, 3.8) is 0 Å². The SMILES string of the molecule is FC=CCCCCC[C@H]1CC[C@H](CC[C@H]2CC[C@H](c3ccc(F)cc3)CC2)CC1. The van der Waals surface area contributed by atoms with Crippen LogP contribution in [-0.4, -0.2) is 0 Å². The number of unbranched alkanes of at least 4 members (excludes halogenated alkanes) is 3. The zero-order valence-corrected chi connectivity index (χ0v) is 18.1. The highest BCUT2D eigenvalue weighted by atomic mass is 19.1. The monoisotopic (exact) mass is 402 g/mol. The molecule has 3 rings (SSSR count). The Kier molecular flexibility index (Phi) is 9.70. The fourth-order valence-corrected chi connectivity index (χ4v) is 5.73. The summed E-state index contributed by atoms with van der Waals surface area (Å²) in [6, 6.07) is 7.20. The largest absolute Gasteiger partial charge is 0.216 e. The standard InChI is InChI=1S/C27H40F2/c28-21-5-3-1-2-4-6-22-7-9-23(10-8-22)11-12-24-13-15-25(16-14-24)26-17-19-27(29)20-18-26/h5,17-25H,1-4,6-16H2/t22-,23-,24-,25-. The number of benzene rings is 1. The van der Waals surface area contributed by atoms with Crippen LogP contribution in [0.3, 0.4) is 0 Å². The maximum atomic E-state index is 13.1. The van der Waals surface area contributed by atoms with Crippen LogP contribution < -0.4 is 0 Å². The molecule has 0 bridgehead atoms. The lowest BCUT2D eigenvalue weighted by molar-refractivity contribution is 0.222. The molecule has 2 saturated carbocycles. The summed E-state index contributed by atoms with van der Waals surface area (Å²) in [5.41, 5.74) is 1.34. The van der Waals surface area contributed by atoms with Crippen LogP contribution in [0.5, 0.6) is 0 Å². The second-order valence-corrected chi connectivity index (χ2v) is 9.73. The maximum absolute atomic E-state index is 13.1. The van der Waals surface area contributed by atoms with Crippen LogP contribution in [0, 0.1) is 23.6 Å². The van der Waals surface area contributed by atoms with E-state index in [1.165, 1.54) is 89.0 Å². The molecule has 0 unspecified atom stereocenters. The fourth-order valence-electron chi connectivity index (χ4n) is 5.73. The number of halogens is 2. The number of hydrogen-bond donors (Lipinski definition) is 0. The van der Waals surface area contributed by atoms with E-state index in [1.807, 2.05) is 12.1 Å². The molecular formula is C27H40F2. The van der Waals surface area contributed by atoms with Gasteiger partial charge in [0.25, 0.3) is 0 Å². The molecule has 2 heteroatoms. The predicted octanol–water partition coefficient (Wildman–Crippen LogP) is 9.12. The van der Waals surface area contributed by atoms with Gasteiger partial charge in [-0.1, -0.05) is 76.0 Å². The highest BCUT2D eigenvalue weighted by Crippen LogP contribution is 2.40. The van der Waals surface area contributed by atoms with Gasteiger partial charge in [0.15, 0.2) is 0 Å². The van der Waals surface area contributed by atoms with Gasteiger partial charge in [-0.15, -0.1) is 0 Å². The third-order valence-corrected chi connectivity index (χ3v) is 7.71. The summed E-state index contributed by atoms with van der Waals surface area (Å²) in [6.07, 6.45) is 22.2. The third kappa shape index (κ3) is 7.87. The molecule has 0 nitrogen and oxygen atoms in total. The van der Waals surface area contributed by atoms with Crippen LogP contribution in [0.4, 0.5) is 8.78 Å². The van der Waals surface area contributed by atoms with Crippen molar-refractivity contribution in [2.45, 2.75) is 102 Å². The summed E-state index contributed by atoms with van der Waals surface area (Å²) in [6.45, 7) is 0. The summed E-state index contributed by atoms with van der Waals surface area (Å²) in [4.78, 5) is 0. The van der Waals surface area contributed by atoms with Crippen molar-refractivity contribution in [1.29, 1.82) is 0 Å². The van der Waals surface area contributed by atoms with E-state index in [1.54, 1.807) is 18.2 Å². The van der Waals surface area contributed by atoms with E-state index in [9.17, 15) is 8.78 Å². The molecule has 1 aromatic rings. The van der Waals surface area contributed by atoms with Crippen LogP contribution in [0.1, 0.15) is 108 Å². The first-order valence-corrected chi connectivity index (χ1v) is 12.2. The average molecular weight is 403 g/mol. The average Bonchev–Trinajstić information content (AvgIpc) is 2.76. The van der Waals surface area contributed by atoms with E-state index in [0.29, 0.717) is 12.2 Å². The Morgan fingerprint density at radius 3 is 1.83 bits per heavy atom. The summed E-state index contributed by atoms with van der Waals surface area (Å²) >= 11 is 0. The van der Waals surface area contributed by atoms with E-state index >= 15 is 0 Å². The second kappa shape index (κ2) is 12.5. The third-order valence-electron chi connectivity index (χ3n) is 7.71. The van der Waals surface area contributed by atoms with Crippen LogP contribution in [-0.2, 0) is 0 Å². The minimum Gasteiger partial charge on any atom is -0.216 e. The Morgan fingerprint density at radius 1 is 0.690 bits per heavy atom. The zero-order chi connectivity index (χ0) is 20.3. The van der Waals surface area contributed by atoms with Crippen LogP contribution in [0.25, 0.3) is 0 Å². The molecule has 0 spiro atoms. The van der Waals surface area contributed by atoms with Crippen molar-refractivity contribution >= 4 is 0 Å². The van der Waals surface area contributed by atoms with Crippen molar-refractivity contribution in [2.75, 3.05) is 0 Å². The molecule has 29 heavy (non-hydrogen) atoms. The molecule has 0 aliphatic heterocycles. The summed E-state index contributed by atoms with van der Waals surface area (Å²) in [5.74, 6) is 3.37. The van der Waals surface area contributed by atoms with Gasteiger partial charge in [-0.05, 0) is 79.9 Å². The molecule has 0 aromatic heterocycles. The molecular weight excluding hydrogens is 362 g/mol. The Labute approximate surface area is 177 Å². The van der Waals surface area contributed by atoms with Gasteiger partial charge in [-0.3, -0.25) is 0 Å². The van der Waals surface area contributed by atoms with Gasteiger partial charge < -0.3 is 0 Å². The van der Waals surface area contributed by atoms with Gasteiger partial charge in [0, 0.05) is 0 Å². The lowest BCUT2D eigenvalue weighted by Gasteiger charge is -2.32. The van der Waals surface area contributed by atoms with E-state index in [4.69, 9.17) is 0 Å². The van der Waals surface area contributed by atoms with E-state index in [-0.39, 0.29) is 5.82 Å². The first-order valence-electron chi connectivity index (χ1n) is 12.2. The molecule has 162 valence electrons. The summed E-state index contributed by atoms with van der Waals surface area (Å²) in [5, 5.41) is 0. The van der Waals surface area contributed by atoms with Gasteiger partial charge in [0.05, 0.1) is 6.33 Å². The van der Waals surface area contributed by atoms with Crippen LogP contribution in [0.2, 0.25) is 0 Å². The van der Waals surface area contributed by atoms with Crippen molar-refractivity contribution in [2.24, 2.45) is 17.8 Å². The first kappa shape index (κ1) is 22.5. The highest BCUT2D eigenvalue weighted by molar-refractivity contribution is 5.20. The molecule has 0 N–H and O–H groups in total. The van der Waals surface area contributed by atoms with Crippen LogP contribution >= 0.6 is 0 Å². The normalized spacial score (nSPS) is 28.1. The Hall–Kier alpha value is -1.18. The number of rotatable bonds is 10. The van der Waals surface area contributed by atoms with Crippen molar-refractivity contribution in [3.05, 3.63) is 48.1 Å². The topological polar surface area (TPSA) is 0 Å². The second-order valence-electron chi connectivity index (χ2n) is 9.73. The Morgan fingerprint density at radius 2 is 1.24 bits per heavy atom. The molecule has 2 aliphatic carbocycles. The molecule has 0 radical (unpaired) electrons. The van der Waals surface area contributed by atoms with Crippen molar-refractivity contribution in [1.82, 2.24) is 0 Å². The first-order chi connectivity index (χ1) is 14.2. The van der Waals surface area contributed by atoms with Crippen LogP contribution in [0.15, 0.2) is 36.7 Å². The van der Waals surface area contributed by atoms with Gasteiger partial charge >= 0.3 is 0 Å². The fraction of sp³-hybridized carbons (Fsp3) is 0.704. The predicted molar refractivity (Wildman–Crippen MR) is 119 cm³/mol. The molecule has 2 fully saturated rings. The molecule has 0 atom stereocenters. The quantitative estimate of drug-likeness (QED) is 0.342. The maximum Gasteiger partial charge on any atom is 0.123 e. The Bertz CT molecular complexity index is 575. The lowest BCUT2D eigenvalue weighted by Crippen LogP contribution is -2.17. The van der Waals surface area contributed by atoms with E-state index in [0.717, 1.165) is 30.6 Å². The minimum absolute atomic E-state index is 0.122. The van der Waals surface area contributed by atoms with E-state index in [2.05, 4.69) is 0 Å². The van der Waals surface area contributed by atoms with Gasteiger partial charge in [-0.2, -0.15) is 0 Å². The van der Waals surface area contributed by atoms with Gasteiger partial charge in [0.1, 0.15) is 5.82 Å². The van der Waals surface area contributed by atoms with Gasteiger partial charge in [-0.25, -0.2) is 8.78 Å². The summed E-state index contributed by atoms with van der Waals surface area (Å²) < 4.78 is 25.0. The molecule has 0 heterocycles. The minimum atomic E-state index is -0.122. The molecule has 0 saturated heterocycles. The molecule has 2 aliphatic rings. The van der Waals surface area contributed by atoms with Crippen molar-refractivity contribution < 1.29 is 8.78 Å². The molecule has 1 aromatic carbocycles. The number of allylic oxidation sites excluding steroid dienone is 1. The summed E-state index contributed by atoms with van der Waals surface area (Å²) in [7, 11) is 0.